The van der Waals surface area contributed by atoms with Crippen molar-refractivity contribution < 1.29 is 33.7 Å². The molecule has 10 nitrogen and oxygen atoms in total. The number of fused-ring (bicyclic) bond motifs is 1. The summed E-state index contributed by atoms with van der Waals surface area (Å²) in [6.45, 7) is 8.95. The van der Waals surface area contributed by atoms with Crippen LogP contribution >= 0.6 is 11.8 Å². The number of carbonyl (C=O) groups excluding carboxylic acids is 3. The standard InChI is InChI=1S/C32H41N3O7S/c1-19-9-8-10-20(2)23(19)16-33-28(37)27-32(3,4)43-18-35(27)29(38)26(36)24(15-21-11-6-5-7-12-21)34-31(39)42-25-17-41-30-22(25)13-14-40-30/h5-12,22,24-27,30,36H,13-18H2,1-4H3,(H,33,37)(H,34,39)/t22-,24+,25-,26+,27-,30+/m1/s1. The summed E-state index contributed by atoms with van der Waals surface area (Å²) in [7, 11) is 0. The van der Waals surface area contributed by atoms with Gasteiger partial charge < -0.3 is 34.9 Å². The zero-order chi connectivity index (χ0) is 30.7. The molecule has 0 radical (unpaired) electrons. The smallest absolute Gasteiger partial charge is 0.407 e. The molecule has 2 aromatic rings. The van der Waals surface area contributed by atoms with Gasteiger partial charge in [-0.2, -0.15) is 0 Å². The zero-order valence-electron chi connectivity index (χ0n) is 25.1. The van der Waals surface area contributed by atoms with Crippen molar-refractivity contribution in [3.8, 4) is 0 Å². The van der Waals surface area contributed by atoms with E-state index in [4.69, 9.17) is 14.2 Å². The van der Waals surface area contributed by atoms with Crippen LogP contribution in [-0.2, 0) is 36.8 Å². The van der Waals surface area contributed by atoms with E-state index in [0.717, 1.165) is 28.7 Å². The Labute approximate surface area is 256 Å². The van der Waals surface area contributed by atoms with E-state index in [2.05, 4.69) is 10.6 Å². The molecule has 232 valence electrons. The van der Waals surface area contributed by atoms with Crippen LogP contribution in [0.25, 0.3) is 0 Å². The van der Waals surface area contributed by atoms with E-state index >= 15 is 0 Å². The van der Waals surface area contributed by atoms with Crippen LogP contribution < -0.4 is 10.6 Å². The van der Waals surface area contributed by atoms with Crippen molar-refractivity contribution in [3.63, 3.8) is 0 Å². The number of thioether (sulfide) groups is 1. The van der Waals surface area contributed by atoms with Gasteiger partial charge in [0.05, 0.1) is 31.1 Å². The maximum atomic E-state index is 13.9. The number of benzene rings is 2. The van der Waals surface area contributed by atoms with Gasteiger partial charge in [0.2, 0.25) is 5.91 Å². The first-order chi connectivity index (χ1) is 20.5. The molecule has 3 N–H and O–H groups in total. The highest BCUT2D eigenvalue weighted by atomic mass is 32.2. The Kier molecular flexibility index (Phi) is 9.65. The first-order valence-corrected chi connectivity index (χ1v) is 15.7. The van der Waals surface area contributed by atoms with Crippen LogP contribution in [0.5, 0.6) is 0 Å². The molecule has 2 aromatic carbocycles. The Hall–Kier alpha value is -3.12. The SMILES string of the molecule is Cc1cccc(C)c1CNC(=O)[C@H]1N(C(=O)[C@@H](O)[C@H](Cc2ccccc2)NC(=O)O[C@@H]2CO[C@@H]3OCC[C@@H]32)CSC1(C)C. The van der Waals surface area contributed by atoms with E-state index in [1.807, 2.05) is 76.2 Å². The van der Waals surface area contributed by atoms with Crippen LogP contribution in [0.3, 0.4) is 0 Å². The topological polar surface area (TPSA) is 126 Å². The number of carbonyl (C=O) groups is 3. The Morgan fingerprint density at radius 1 is 1.09 bits per heavy atom. The van der Waals surface area contributed by atoms with E-state index in [1.54, 1.807) is 0 Å². The summed E-state index contributed by atoms with van der Waals surface area (Å²) in [4.78, 5) is 42.0. The lowest BCUT2D eigenvalue weighted by Crippen LogP contribution is -2.58. The maximum Gasteiger partial charge on any atom is 0.407 e. The summed E-state index contributed by atoms with van der Waals surface area (Å²) in [6.07, 6.45) is -2.29. The fourth-order valence-electron chi connectivity index (χ4n) is 6.13. The highest BCUT2D eigenvalue weighted by Gasteiger charge is 2.50. The predicted octanol–water partition coefficient (Wildman–Crippen LogP) is 3.06. The highest BCUT2D eigenvalue weighted by molar-refractivity contribution is 8.00. The molecule has 6 atom stereocenters. The number of aliphatic hydroxyl groups is 1. The van der Waals surface area contributed by atoms with Crippen molar-refractivity contribution in [2.24, 2.45) is 5.92 Å². The van der Waals surface area contributed by atoms with Gasteiger partial charge in [-0.1, -0.05) is 48.5 Å². The Morgan fingerprint density at radius 3 is 2.53 bits per heavy atom. The predicted molar refractivity (Wildman–Crippen MR) is 162 cm³/mol. The largest absolute Gasteiger partial charge is 0.443 e. The lowest BCUT2D eigenvalue weighted by Gasteiger charge is -2.33. The molecule has 3 heterocycles. The van der Waals surface area contributed by atoms with Crippen molar-refractivity contribution in [2.75, 3.05) is 19.1 Å². The first-order valence-electron chi connectivity index (χ1n) is 14.7. The number of rotatable bonds is 9. The second-order valence-corrected chi connectivity index (χ2v) is 13.6. The molecule has 0 aromatic heterocycles. The van der Waals surface area contributed by atoms with Gasteiger partial charge in [0.15, 0.2) is 12.4 Å². The number of ether oxygens (including phenoxy) is 3. The Bertz CT molecular complexity index is 1300. The molecule has 3 aliphatic heterocycles. The molecule has 0 saturated carbocycles. The third-order valence-corrected chi connectivity index (χ3v) is 10.0. The average Bonchev–Trinajstić information content (AvgIpc) is 3.67. The summed E-state index contributed by atoms with van der Waals surface area (Å²) >= 11 is 1.47. The van der Waals surface area contributed by atoms with Gasteiger partial charge in [-0.05, 0) is 62.8 Å². The van der Waals surface area contributed by atoms with Crippen molar-refractivity contribution in [1.82, 2.24) is 15.5 Å². The van der Waals surface area contributed by atoms with Gasteiger partial charge in [-0.3, -0.25) is 9.59 Å². The minimum Gasteiger partial charge on any atom is -0.443 e. The summed E-state index contributed by atoms with van der Waals surface area (Å²) in [5.74, 6) is -0.730. The number of aryl methyl sites for hydroxylation is 2. The lowest BCUT2D eigenvalue weighted by atomic mass is 9.97. The van der Waals surface area contributed by atoms with Crippen LogP contribution in [-0.4, -0.2) is 82.3 Å². The van der Waals surface area contributed by atoms with Crippen LogP contribution in [0, 0.1) is 19.8 Å². The second kappa shape index (κ2) is 13.3. The molecule has 11 heteroatoms. The molecule has 3 fully saturated rings. The minimum atomic E-state index is -1.61. The summed E-state index contributed by atoms with van der Waals surface area (Å²) in [5, 5.41) is 17.2. The molecule has 0 spiro atoms. The highest BCUT2D eigenvalue weighted by Crippen LogP contribution is 2.40. The molecule has 3 amide bonds. The molecule has 0 aliphatic carbocycles. The average molecular weight is 612 g/mol. The lowest BCUT2D eigenvalue weighted by molar-refractivity contribution is -0.147. The van der Waals surface area contributed by atoms with E-state index in [1.165, 1.54) is 16.7 Å². The summed E-state index contributed by atoms with van der Waals surface area (Å²) in [5.41, 5.74) is 4.01. The number of aliphatic hydroxyl groups excluding tert-OH is 1. The molecule has 43 heavy (non-hydrogen) atoms. The van der Waals surface area contributed by atoms with E-state index in [0.29, 0.717) is 13.2 Å². The quantitative estimate of drug-likeness (QED) is 0.395. The number of amides is 3. The summed E-state index contributed by atoms with van der Waals surface area (Å²) < 4.78 is 16.2. The fraction of sp³-hybridized carbons (Fsp3) is 0.531. The van der Waals surface area contributed by atoms with Gasteiger partial charge in [-0.25, -0.2) is 4.79 Å². The van der Waals surface area contributed by atoms with Gasteiger partial charge in [0.25, 0.3) is 5.91 Å². The van der Waals surface area contributed by atoms with Gasteiger partial charge in [-0.15, -0.1) is 11.8 Å². The fourth-order valence-corrected chi connectivity index (χ4v) is 7.28. The van der Waals surface area contributed by atoms with E-state index < -0.39 is 41.0 Å². The Morgan fingerprint density at radius 2 is 1.81 bits per heavy atom. The molecular formula is C32H41N3O7S. The molecular weight excluding hydrogens is 570 g/mol. The Balaban J connectivity index is 1.30. The number of alkyl carbamates (subject to hydrolysis) is 1. The van der Waals surface area contributed by atoms with Crippen LogP contribution in [0.1, 0.15) is 42.5 Å². The van der Waals surface area contributed by atoms with Gasteiger partial charge in [0.1, 0.15) is 12.1 Å². The van der Waals surface area contributed by atoms with Crippen LogP contribution in [0.2, 0.25) is 0 Å². The van der Waals surface area contributed by atoms with E-state index in [-0.39, 0.29) is 37.0 Å². The first kappa shape index (κ1) is 31.3. The second-order valence-electron chi connectivity index (χ2n) is 12.0. The third-order valence-electron chi connectivity index (χ3n) is 8.64. The van der Waals surface area contributed by atoms with Crippen molar-refractivity contribution in [2.45, 2.75) is 82.4 Å². The number of nitrogens with one attached hydrogen (secondary N) is 2. The summed E-state index contributed by atoms with van der Waals surface area (Å²) in [6, 6.07) is 13.5. The minimum absolute atomic E-state index is 0.0449. The number of hydrogen-bond acceptors (Lipinski definition) is 8. The van der Waals surface area contributed by atoms with E-state index in [9.17, 15) is 19.5 Å². The van der Waals surface area contributed by atoms with Crippen LogP contribution in [0.15, 0.2) is 48.5 Å². The molecule has 5 rings (SSSR count). The maximum absolute atomic E-state index is 13.9. The third kappa shape index (κ3) is 7.01. The van der Waals surface area contributed by atoms with Crippen molar-refractivity contribution in [3.05, 3.63) is 70.8 Å². The van der Waals surface area contributed by atoms with Gasteiger partial charge in [0, 0.05) is 11.3 Å². The van der Waals surface area contributed by atoms with Gasteiger partial charge >= 0.3 is 6.09 Å². The monoisotopic (exact) mass is 611 g/mol. The molecule has 0 unspecified atom stereocenters. The molecule has 3 saturated heterocycles. The molecule has 0 bridgehead atoms. The van der Waals surface area contributed by atoms with Crippen LogP contribution in [0.4, 0.5) is 4.79 Å². The van der Waals surface area contributed by atoms with Crippen molar-refractivity contribution >= 4 is 29.7 Å². The normalized spacial score (nSPS) is 25.6. The van der Waals surface area contributed by atoms with Crippen molar-refractivity contribution in [1.29, 1.82) is 0 Å². The number of hydrogen-bond donors (Lipinski definition) is 3. The molecule has 3 aliphatic rings. The zero-order valence-corrected chi connectivity index (χ0v) is 25.9. The number of nitrogens with zero attached hydrogens (tertiary/aromatic N) is 1.